The van der Waals surface area contributed by atoms with Crippen LogP contribution in [-0.2, 0) is 0 Å². The minimum absolute atomic E-state index is 0.295. The highest BCUT2D eigenvalue weighted by Crippen LogP contribution is 2.11. The van der Waals surface area contributed by atoms with Crippen LogP contribution in [0.4, 0.5) is 0 Å². The number of amides is 1. The SMILES string of the molecule is C=C(CC)c1nccc(C(=O)N/C(C=NCC)=C(/C)N(C)CCNC)n1. The van der Waals surface area contributed by atoms with Crippen LogP contribution in [0.2, 0.25) is 0 Å². The van der Waals surface area contributed by atoms with E-state index in [1.807, 2.05) is 34.9 Å². The van der Waals surface area contributed by atoms with Gasteiger partial charge in [-0.15, -0.1) is 0 Å². The molecule has 2 N–H and O–H groups in total. The van der Waals surface area contributed by atoms with E-state index in [0.717, 1.165) is 30.8 Å². The van der Waals surface area contributed by atoms with Crippen LogP contribution in [0.15, 0.2) is 35.2 Å². The van der Waals surface area contributed by atoms with Gasteiger partial charge in [-0.05, 0) is 39.0 Å². The van der Waals surface area contributed by atoms with E-state index in [9.17, 15) is 4.79 Å². The first-order valence-electron chi connectivity index (χ1n) is 8.83. The average molecular weight is 358 g/mol. The van der Waals surface area contributed by atoms with Crippen molar-refractivity contribution in [3.63, 3.8) is 0 Å². The van der Waals surface area contributed by atoms with E-state index < -0.39 is 0 Å². The third-order valence-electron chi connectivity index (χ3n) is 3.94. The van der Waals surface area contributed by atoms with Crippen molar-refractivity contribution in [1.82, 2.24) is 25.5 Å². The second kappa shape index (κ2) is 11.1. The molecule has 1 heterocycles. The summed E-state index contributed by atoms with van der Waals surface area (Å²) < 4.78 is 0. The predicted molar refractivity (Wildman–Crippen MR) is 107 cm³/mol. The number of likely N-dealkylation sites (N-methyl/N-ethyl adjacent to an activating group) is 2. The van der Waals surface area contributed by atoms with E-state index in [0.29, 0.717) is 23.8 Å². The number of allylic oxidation sites excluding steroid dienone is 3. The summed E-state index contributed by atoms with van der Waals surface area (Å²) in [5.41, 5.74) is 2.69. The fraction of sp³-hybridized carbons (Fsp3) is 0.474. The molecule has 1 aromatic rings. The van der Waals surface area contributed by atoms with Gasteiger partial charge in [-0.2, -0.15) is 0 Å². The Morgan fingerprint density at radius 3 is 2.77 bits per heavy atom. The quantitative estimate of drug-likeness (QED) is 0.626. The molecule has 0 saturated heterocycles. The molecule has 0 saturated carbocycles. The van der Waals surface area contributed by atoms with Gasteiger partial charge in [0.25, 0.3) is 5.91 Å². The van der Waals surface area contributed by atoms with E-state index >= 15 is 0 Å². The molecule has 0 aromatic carbocycles. The Bertz CT molecular complexity index is 680. The number of aliphatic imine (C=N–C) groups is 1. The van der Waals surface area contributed by atoms with Crippen LogP contribution in [0, 0.1) is 0 Å². The Balaban J connectivity index is 3.06. The molecule has 7 nitrogen and oxygen atoms in total. The normalized spacial score (nSPS) is 12.0. The van der Waals surface area contributed by atoms with E-state index in [-0.39, 0.29) is 5.91 Å². The number of carbonyl (C=O) groups excluding carboxylic acids is 1. The van der Waals surface area contributed by atoms with Gasteiger partial charge in [0.1, 0.15) is 5.69 Å². The molecule has 0 spiro atoms. The number of nitrogens with zero attached hydrogens (tertiary/aromatic N) is 4. The fourth-order valence-corrected chi connectivity index (χ4v) is 2.05. The molecule has 1 amide bonds. The summed E-state index contributed by atoms with van der Waals surface area (Å²) in [7, 11) is 3.89. The van der Waals surface area contributed by atoms with Gasteiger partial charge in [0.2, 0.25) is 0 Å². The largest absolute Gasteiger partial charge is 0.375 e. The van der Waals surface area contributed by atoms with Gasteiger partial charge in [0.15, 0.2) is 5.82 Å². The zero-order valence-corrected chi connectivity index (χ0v) is 16.5. The maximum absolute atomic E-state index is 12.7. The average Bonchev–Trinajstić information content (AvgIpc) is 2.67. The number of nitrogens with one attached hydrogen (secondary N) is 2. The number of hydrogen-bond acceptors (Lipinski definition) is 6. The van der Waals surface area contributed by atoms with E-state index in [4.69, 9.17) is 0 Å². The summed E-state index contributed by atoms with van der Waals surface area (Å²) in [5, 5.41) is 6.03. The van der Waals surface area contributed by atoms with Crippen LogP contribution in [0.5, 0.6) is 0 Å². The van der Waals surface area contributed by atoms with Crippen molar-refractivity contribution in [3.8, 4) is 0 Å². The van der Waals surface area contributed by atoms with Gasteiger partial charge in [-0.1, -0.05) is 13.5 Å². The third kappa shape index (κ3) is 6.40. The Morgan fingerprint density at radius 2 is 2.15 bits per heavy atom. The number of hydrogen-bond donors (Lipinski definition) is 2. The molecule has 0 atom stereocenters. The highest BCUT2D eigenvalue weighted by atomic mass is 16.1. The van der Waals surface area contributed by atoms with Crippen molar-refractivity contribution in [1.29, 1.82) is 0 Å². The summed E-state index contributed by atoms with van der Waals surface area (Å²) in [5.74, 6) is 0.201. The third-order valence-corrected chi connectivity index (χ3v) is 3.94. The van der Waals surface area contributed by atoms with Crippen LogP contribution in [0.25, 0.3) is 5.57 Å². The van der Waals surface area contributed by atoms with Crippen molar-refractivity contribution in [2.75, 3.05) is 33.7 Å². The van der Waals surface area contributed by atoms with Crippen molar-refractivity contribution < 1.29 is 4.79 Å². The van der Waals surface area contributed by atoms with Crippen LogP contribution < -0.4 is 10.6 Å². The van der Waals surface area contributed by atoms with E-state index in [1.54, 1.807) is 18.5 Å². The highest BCUT2D eigenvalue weighted by Gasteiger charge is 2.13. The standard InChI is InChI=1S/C19H30N6O/c1-7-14(3)18-22-10-9-16(23-18)19(26)24-17(13-21-8-2)15(4)25(6)12-11-20-5/h9-10,13,20H,3,7-8,11-12H2,1-2,4-6H3,(H,24,26)/b17-15-,21-13?. The first-order chi connectivity index (χ1) is 12.4. The van der Waals surface area contributed by atoms with Crippen molar-refractivity contribution >= 4 is 17.7 Å². The highest BCUT2D eigenvalue weighted by molar-refractivity contribution is 5.97. The minimum Gasteiger partial charge on any atom is -0.375 e. The molecule has 0 aliphatic rings. The Hall–Kier alpha value is -2.54. The Kier molecular flexibility index (Phi) is 9.22. The van der Waals surface area contributed by atoms with Crippen molar-refractivity contribution in [2.45, 2.75) is 27.2 Å². The first-order valence-corrected chi connectivity index (χ1v) is 8.83. The maximum atomic E-state index is 12.7. The lowest BCUT2D eigenvalue weighted by Gasteiger charge is -2.22. The van der Waals surface area contributed by atoms with Crippen molar-refractivity contribution in [2.24, 2.45) is 4.99 Å². The van der Waals surface area contributed by atoms with Gasteiger partial charge in [-0.25, -0.2) is 9.97 Å². The number of aromatic nitrogens is 2. The molecule has 0 unspecified atom stereocenters. The summed E-state index contributed by atoms with van der Waals surface area (Å²) in [6, 6.07) is 1.59. The lowest BCUT2D eigenvalue weighted by Crippen LogP contribution is -2.32. The lowest BCUT2D eigenvalue weighted by molar-refractivity contribution is 0.0961. The summed E-state index contributed by atoms with van der Waals surface area (Å²) >= 11 is 0. The van der Waals surface area contributed by atoms with Gasteiger partial charge < -0.3 is 15.5 Å². The Labute approximate surface area is 156 Å². The van der Waals surface area contributed by atoms with Gasteiger partial charge >= 0.3 is 0 Å². The molecule has 26 heavy (non-hydrogen) atoms. The molecule has 0 aliphatic heterocycles. The predicted octanol–water partition coefficient (Wildman–Crippen LogP) is 2.10. The summed E-state index contributed by atoms with van der Waals surface area (Å²) in [6.45, 7) is 12.1. The smallest absolute Gasteiger partial charge is 0.274 e. The van der Waals surface area contributed by atoms with Crippen LogP contribution in [0.3, 0.4) is 0 Å². The zero-order valence-electron chi connectivity index (χ0n) is 16.5. The molecule has 0 bridgehead atoms. The van der Waals surface area contributed by atoms with Crippen LogP contribution in [0.1, 0.15) is 43.5 Å². The molecular weight excluding hydrogens is 328 g/mol. The van der Waals surface area contributed by atoms with E-state index in [2.05, 4.69) is 37.1 Å². The van der Waals surface area contributed by atoms with Crippen molar-refractivity contribution in [3.05, 3.63) is 41.8 Å². The molecular formula is C19H30N6O. The van der Waals surface area contributed by atoms with Crippen LogP contribution in [-0.4, -0.2) is 60.7 Å². The molecule has 7 heteroatoms. The summed E-state index contributed by atoms with van der Waals surface area (Å²) in [4.78, 5) is 27.5. The van der Waals surface area contributed by atoms with Crippen LogP contribution >= 0.6 is 0 Å². The topological polar surface area (TPSA) is 82.5 Å². The molecule has 142 valence electrons. The zero-order chi connectivity index (χ0) is 19.5. The summed E-state index contributed by atoms with van der Waals surface area (Å²) in [6.07, 6.45) is 4.00. The minimum atomic E-state index is -0.295. The Morgan fingerprint density at radius 1 is 1.42 bits per heavy atom. The lowest BCUT2D eigenvalue weighted by atomic mass is 10.2. The second-order valence-electron chi connectivity index (χ2n) is 5.83. The molecule has 1 rings (SSSR count). The number of rotatable bonds is 10. The van der Waals surface area contributed by atoms with Gasteiger partial charge in [-0.3, -0.25) is 9.79 Å². The fourth-order valence-electron chi connectivity index (χ4n) is 2.05. The van der Waals surface area contributed by atoms with E-state index in [1.165, 1.54) is 0 Å². The molecule has 0 fully saturated rings. The second-order valence-corrected chi connectivity index (χ2v) is 5.83. The molecule has 0 aliphatic carbocycles. The number of carbonyl (C=O) groups is 1. The first kappa shape index (κ1) is 21.5. The maximum Gasteiger partial charge on any atom is 0.274 e. The molecule has 0 radical (unpaired) electrons. The van der Waals surface area contributed by atoms with Gasteiger partial charge in [0.05, 0.1) is 5.70 Å². The monoisotopic (exact) mass is 358 g/mol. The van der Waals surface area contributed by atoms with Gasteiger partial charge in [0, 0.05) is 44.8 Å². The molecule has 1 aromatic heterocycles.